The van der Waals surface area contributed by atoms with E-state index in [4.69, 9.17) is 9.47 Å². The van der Waals surface area contributed by atoms with Gasteiger partial charge in [0.05, 0.1) is 13.2 Å². The first-order valence-corrected chi connectivity index (χ1v) is 4.37. The fourth-order valence-corrected chi connectivity index (χ4v) is 1.13. The van der Waals surface area contributed by atoms with Crippen LogP contribution in [0.1, 0.15) is 0 Å². The lowest BCUT2D eigenvalue weighted by molar-refractivity contribution is -0.0814. The lowest BCUT2D eigenvalue weighted by Crippen LogP contribution is -2.38. The number of aromatic nitrogens is 2. The predicted molar refractivity (Wildman–Crippen MR) is 45.0 cm³/mol. The Labute approximate surface area is 78.1 Å². The van der Waals surface area contributed by atoms with Crippen molar-refractivity contribution < 1.29 is 9.47 Å². The van der Waals surface area contributed by atoms with Crippen molar-refractivity contribution in [3.05, 3.63) is 17.0 Å². The van der Waals surface area contributed by atoms with Gasteiger partial charge in [-0.15, -0.1) is 0 Å². The van der Waals surface area contributed by atoms with Crippen molar-refractivity contribution >= 4 is 15.9 Å². The molecule has 1 saturated heterocycles. The molecule has 1 aliphatic heterocycles. The fourth-order valence-electron chi connectivity index (χ4n) is 0.838. The van der Waals surface area contributed by atoms with Crippen molar-refractivity contribution in [3.8, 4) is 5.88 Å². The van der Waals surface area contributed by atoms with Gasteiger partial charge in [-0.1, -0.05) is 0 Å². The van der Waals surface area contributed by atoms with Crippen LogP contribution in [0.15, 0.2) is 17.0 Å². The van der Waals surface area contributed by atoms with Gasteiger partial charge in [0, 0.05) is 12.3 Å². The van der Waals surface area contributed by atoms with Crippen molar-refractivity contribution in [2.24, 2.45) is 0 Å². The Morgan fingerprint density at radius 2 is 2.42 bits per heavy atom. The van der Waals surface area contributed by atoms with E-state index in [1.165, 1.54) is 0 Å². The van der Waals surface area contributed by atoms with Crippen molar-refractivity contribution in [2.75, 3.05) is 13.2 Å². The lowest BCUT2D eigenvalue weighted by atomic mass is 10.3. The van der Waals surface area contributed by atoms with Crippen molar-refractivity contribution in [3.63, 3.8) is 0 Å². The van der Waals surface area contributed by atoms with E-state index in [9.17, 15) is 0 Å². The first kappa shape index (κ1) is 7.94. The molecule has 0 amide bonds. The topological polar surface area (TPSA) is 44.2 Å². The third-order valence-electron chi connectivity index (χ3n) is 1.50. The van der Waals surface area contributed by atoms with Gasteiger partial charge in [-0.05, 0) is 15.9 Å². The molecule has 5 heteroatoms. The van der Waals surface area contributed by atoms with E-state index in [-0.39, 0.29) is 6.10 Å². The van der Waals surface area contributed by atoms with Crippen LogP contribution in [0, 0.1) is 0 Å². The van der Waals surface area contributed by atoms with Crippen LogP contribution in [0.5, 0.6) is 5.88 Å². The Hall–Kier alpha value is -0.680. The molecule has 0 spiro atoms. The highest BCUT2D eigenvalue weighted by Gasteiger charge is 2.20. The Morgan fingerprint density at radius 3 is 3.00 bits per heavy atom. The van der Waals surface area contributed by atoms with Gasteiger partial charge in [0.25, 0.3) is 0 Å². The van der Waals surface area contributed by atoms with Crippen LogP contribution in [0.25, 0.3) is 0 Å². The van der Waals surface area contributed by atoms with E-state index in [1.807, 2.05) is 0 Å². The summed E-state index contributed by atoms with van der Waals surface area (Å²) in [7, 11) is 0. The second-order valence-corrected chi connectivity index (χ2v) is 3.15. The predicted octanol–water partition coefficient (Wildman–Crippen LogP) is 1.02. The molecule has 0 radical (unpaired) electrons. The summed E-state index contributed by atoms with van der Waals surface area (Å²) in [5.74, 6) is 0.588. The molecule has 2 rings (SSSR count). The molecule has 64 valence electrons. The molecule has 0 atom stereocenters. The van der Waals surface area contributed by atoms with Gasteiger partial charge in [0.1, 0.15) is 6.10 Å². The van der Waals surface area contributed by atoms with E-state index in [0.717, 1.165) is 0 Å². The smallest absolute Gasteiger partial charge is 0.217 e. The molecular weight excluding hydrogens is 224 g/mol. The van der Waals surface area contributed by atoms with Crippen molar-refractivity contribution in [1.29, 1.82) is 0 Å². The number of ether oxygens (including phenoxy) is 2. The standard InChI is InChI=1S/C7H7BrN2O2/c8-7-9-2-1-6(10-7)12-5-3-11-4-5/h1-2,5H,3-4H2. The van der Waals surface area contributed by atoms with E-state index in [2.05, 4.69) is 25.9 Å². The summed E-state index contributed by atoms with van der Waals surface area (Å²) < 4.78 is 10.9. The number of nitrogens with zero attached hydrogens (tertiary/aromatic N) is 2. The summed E-state index contributed by atoms with van der Waals surface area (Å²) >= 11 is 3.16. The maximum atomic E-state index is 5.42. The van der Waals surface area contributed by atoms with Crippen LogP contribution in [0.2, 0.25) is 0 Å². The van der Waals surface area contributed by atoms with E-state index >= 15 is 0 Å². The molecule has 0 saturated carbocycles. The van der Waals surface area contributed by atoms with Crippen molar-refractivity contribution in [2.45, 2.75) is 6.10 Å². The quantitative estimate of drug-likeness (QED) is 0.712. The molecule has 0 aliphatic carbocycles. The van der Waals surface area contributed by atoms with E-state index < -0.39 is 0 Å². The molecule has 0 bridgehead atoms. The summed E-state index contributed by atoms with van der Waals surface area (Å²) in [6.45, 7) is 1.31. The molecule has 2 heterocycles. The van der Waals surface area contributed by atoms with Gasteiger partial charge in [-0.2, -0.15) is 4.98 Å². The van der Waals surface area contributed by atoms with Gasteiger partial charge in [-0.3, -0.25) is 0 Å². The Bertz CT molecular complexity index is 278. The van der Waals surface area contributed by atoms with Crippen LogP contribution in [-0.4, -0.2) is 29.3 Å². The zero-order valence-corrected chi connectivity index (χ0v) is 7.82. The molecule has 1 fully saturated rings. The van der Waals surface area contributed by atoms with Crippen LogP contribution in [-0.2, 0) is 4.74 Å². The maximum Gasteiger partial charge on any atom is 0.217 e. The maximum absolute atomic E-state index is 5.42. The van der Waals surface area contributed by atoms with E-state index in [1.54, 1.807) is 12.3 Å². The molecule has 12 heavy (non-hydrogen) atoms. The minimum atomic E-state index is 0.159. The Balaban J connectivity index is 2.02. The average Bonchev–Trinajstić information content (AvgIpc) is 1.97. The van der Waals surface area contributed by atoms with Gasteiger partial charge in [0.15, 0.2) is 4.73 Å². The average molecular weight is 231 g/mol. The second-order valence-electron chi connectivity index (χ2n) is 2.44. The van der Waals surface area contributed by atoms with Crippen LogP contribution >= 0.6 is 15.9 Å². The highest BCUT2D eigenvalue weighted by Crippen LogP contribution is 2.14. The highest BCUT2D eigenvalue weighted by molar-refractivity contribution is 9.10. The van der Waals surface area contributed by atoms with Crippen LogP contribution < -0.4 is 4.74 Å². The summed E-state index contributed by atoms with van der Waals surface area (Å²) in [6, 6.07) is 1.73. The number of rotatable bonds is 2. The fraction of sp³-hybridized carbons (Fsp3) is 0.429. The van der Waals surface area contributed by atoms with Gasteiger partial charge in [-0.25, -0.2) is 4.98 Å². The zero-order chi connectivity index (χ0) is 8.39. The molecule has 0 N–H and O–H groups in total. The number of hydrogen-bond acceptors (Lipinski definition) is 4. The number of halogens is 1. The summed E-state index contributed by atoms with van der Waals surface area (Å²) in [5, 5.41) is 0. The molecule has 1 aliphatic rings. The molecule has 1 aromatic rings. The third-order valence-corrected chi connectivity index (χ3v) is 1.88. The van der Waals surface area contributed by atoms with Crippen molar-refractivity contribution in [1.82, 2.24) is 9.97 Å². The molecule has 1 aromatic heterocycles. The van der Waals surface area contributed by atoms with Gasteiger partial charge in [0.2, 0.25) is 5.88 Å². The van der Waals surface area contributed by atoms with Crippen LogP contribution in [0.3, 0.4) is 0 Å². The normalized spacial score (nSPS) is 17.1. The first-order valence-electron chi connectivity index (χ1n) is 3.57. The Kier molecular flexibility index (Phi) is 2.23. The molecule has 0 aromatic carbocycles. The van der Waals surface area contributed by atoms with Crippen LogP contribution in [0.4, 0.5) is 0 Å². The Morgan fingerprint density at radius 1 is 1.58 bits per heavy atom. The second kappa shape index (κ2) is 3.37. The number of hydrogen-bond donors (Lipinski definition) is 0. The summed E-state index contributed by atoms with van der Waals surface area (Å²) in [6.07, 6.45) is 1.80. The molecule has 4 nitrogen and oxygen atoms in total. The summed E-state index contributed by atoms with van der Waals surface area (Å²) in [4.78, 5) is 7.91. The van der Waals surface area contributed by atoms with Gasteiger partial charge < -0.3 is 9.47 Å². The minimum absolute atomic E-state index is 0.159. The lowest BCUT2D eigenvalue weighted by Gasteiger charge is -2.25. The largest absolute Gasteiger partial charge is 0.469 e. The first-order chi connectivity index (χ1) is 5.84. The zero-order valence-electron chi connectivity index (χ0n) is 6.24. The monoisotopic (exact) mass is 230 g/mol. The molecule has 0 unspecified atom stereocenters. The summed E-state index contributed by atoms with van der Waals surface area (Å²) in [5.41, 5.74) is 0. The highest BCUT2D eigenvalue weighted by atomic mass is 79.9. The molecular formula is C7H7BrN2O2. The minimum Gasteiger partial charge on any atom is -0.469 e. The van der Waals surface area contributed by atoms with E-state index in [0.29, 0.717) is 23.8 Å². The van der Waals surface area contributed by atoms with Gasteiger partial charge >= 0.3 is 0 Å². The SMILES string of the molecule is Brc1nccc(OC2COC2)n1. The third kappa shape index (κ3) is 1.73.